The van der Waals surface area contributed by atoms with Gasteiger partial charge in [-0.15, -0.1) is 0 Å². The zero-order chi connectivity index (χ0) is 14.5. The van der Waals surface area contributed by atoms with E-state index in [2.05, 4.69) is 27.3 Å². The van der Waals surface area contributed by atoms with Crippen LogP contribution in [0, 0.1) is 11.6 Å². The first-order valence-electron chi connectivity index (χ1n) is 6.43. The van der Waals surface area contributed by atoms with Crippen molar-refractivity contribution in [1.82, 2.24) is 5.32 Å². The van der Waals surface area contributed by atoms with E-state index in [1.165, 1.54) is 17.7 Å². The largest absolute Gasteiger partial charge is 0.316 e. The van der Waals surface area contributed by atoms with E-state index in [4.69, 9.17) is 0 Å². The van der Waals surface area contributed by atoms with Crippen molar-refractivity contribution in [3.8, 4) is 0 Å². The molecule has 1 atom stereocenters. The van der Waals surface area contributed by atoms with Gasteiger partial charge in [0.2, 0.25) is 0 Å². The third-order valence-corrected chi connectivity index (χ3v) is 3.68. The Labute approximate surface area is 126 Å². The molecule has 2 aromatic rings. The Kier molecular flexibility index (Phi) is 5.26. The van der Waals surface area contributed by atoms with E-state index < -0.39 is 11.6 Å². The molecule has 106 valence electrons. The molecule has 1 unspecified atom stereocenters. The van der Waals surface area contributed by atoms with Crippen LogP contribution in [0.15, 0.2) is 46.9 Å². The molecule has 2 rings (SSSR count). The molecule has 0 aliphatic carbocycles. The lowest BCUT2D eigenvalue weighted by Gasteiger charge is -2.16. The van der Waals surface area contributed by atoms with Gasteiger partial charge in [-0.05, 0) is 55.3 Å². The van der Waals surface area contributed by atoms with Crippen LogP contribution >= 0.6 is 15.9 Å². The number of rotatable bonds is 5. The quantitative estimate of drug-likeness (QED) is 0.864. The lowest BCUT2D eigenvalue weighted by atomic mass is 9.99. The lowest BCUT2D eigenvalue weighted by Crippen LogP contribution is -2.30. The smallest absolute Gasteiger partial charge is 0.126 e. The summed E-state index contributed by atoms with van der Waals surface area (Å²) in [6.07, 6.45) is 1.38. The summed E-state index contributed by atoms with van der Waals surface area (Å²) in [6, 6.07) is 11.8. The molecular weight excluding hydrogens is 324 g/mol. The monoisotopic (exact) mass is 339 g/mol. The van der Waals surface area contributed by atoms with Crippen LogP contribution in [0.25, 0.3) is 0 Å². The van der Waals surface area contributed by atoms with E-state index in [9.17, 15) is 8.78 Å². The fourth-order valence-corrected chi connectivity index (χ4v) is 2.68. The summed E-state index contributed by atoms with van der Waals surface area (Å²) in [5.41, 5.74) is 1.84. The van der Waals surface area contributed by atoms with Crippen molar-refractivity contribution in [2.45, 2.75) is 18.9 Å². The van der Waals surface area contributed by atoms with Crippen molar-refractivity contribution in [3.05, 3.63) is 69.7 Å². The molecule has 0 aliphatic rings. The minimum atomic E-state index is -0.530. The summed E-state index contributed by atoms with van der Waals surface area (Å²) >= 11 is 3.44. The standard InChI is InChI=1S/C16H16BrF2N/c1-20-16(8-11-3-2-4-13(17)5-11)9-12-6-14(18)10-15(19)7-12/h2-7,10,16,20H,8-9H2,1H3. The zero-order valence-electron chi connectivity index (χ0n) is 11.2. The van der Waals surface area contributed by atoms with Gasteiger partial charge in [0.1, 0.15) is 11.6 Å². The van der Waals surface area contributed by atoms with E-state index in [-0.39, 0.29) is 6.04 Å². The summed E-state index contributed by atoms with van der Waals surface area (Å²) in [7, 11) is 1.86. The van der Waals surface area contributed by atoms with Crippen LogP contribution in [0.2, 0.25) is 0 Å². The highest BCUT2D eigenvalue weighted by Gasteiger charge is 2.10. The van der Waals surface area contributed by atoms with Crippen LogP contribution in [0.5, 0.6) is 0 Å². The van der Waals surface area contributed by atoms with Gasteiger partial charge in [-0.3, -0.25) is 0 Å². The predicted octanol–water partition coefficient (Wildman–Crippen LogP) is 4.10. The van der Waals surface area contributed by atoms with Crippen molar-refractivity contribution >= 4 is 15.9 Å². The van der Waals surface area contributed by atoms with Crippen LogP contribution in [-0.4, -0.2) is 13.1 Å². The van der Waals surface area contributed by atoms with Gasteiger partial charge in [-0.2, -0.15) is 0 Å². The molecule has 0 fully saturated rings. The SMILES string of the molecule is CNC(Cc1cc(F)cc(F)c1)Cc1cccc(Br)c1. The van der Waals surface area contributed by atoms with Gasteiger partial charge in [0.05, 0.1) is 0 Å². The number of hydrogen-bond donors (Lipinski definition) is 1. The van der Waals surface area contributed by atoms with E-state index in [1.807, 2.05) is 25.2 Å². The summed E-state index contributed by atoms with van der Waals surface area (Å²) in [5.74, 6) is -1.06. The summed E-state index contributed by atoms with van der Waals surface area (Å²) in [4.78, 5) is 0. The van der Waals surface area contributed by atoms with Gasteiger partial charge in [-0.25, -0.2) is 8.78 Å². The molecule has 1 nitrogen and oxygen atoms in total. The Hall–Kier alpha value is -1.26. The van der Waals surface area contributed by atoms with Crippen LogP contribution in [-0.2, 0) is 12.8 Å². The average Bonchev–Trinajstić information content (AvgIpc) is 2.36. The first-order chi connectivity index (χ1) is 9.56. The normalized spacial score (nSPS) is 12.4. The Bertz CT molecular complexity index is 566. The second-order valence-electron chi connectivity index (χ2n) is 4.80. The van der Waals surface area contributed by atoms with Crippen LogP contribution in [0.1, 0.15) is 11.1 Å². The molecule has 20 heavy (non-hydrogen) atoms. The minimum absolute atomic E-state index is 0.130. The Morgan fingerprint density at radius 2 is 1.65 bits per heavy atom. The van der Waals surface area contributed by atoms with Gasteiger partial charge in [0, 0.05) is 16.6 Å². The number of likely N-dealkylation sites (N-methyl/N-ethyl adjacent to an activating group) is 1. The second kappa shape index (κ2) is 6.95. The molecule has 2 aromatic carbocycles. The van der Waals surface area contributed by atoms with E-state index in [0.717, 1.165) is 17.0 Å². The molecule has 0 saturated carbocycles. The molecule has 0 saturated heterocycles. The third-order valence-electron chi connectivity index (χ3n) is 3.18. The second-order valence-corrected chi connectivity index (χ2v) is 5.72. The zero-order valence-corrected chi connectivity index (χ0v) is 12.8. The van der Waals surface area contributed by atoms with Crippen LogP contribution in [0.3, 0.4) is 0 Å². The third kappa shape index (κ3) is 4.39. The van der Waals surface area contributed by atoms with Gasteiger partial charge >= 0.3 is 0 Å². The fourth-order valence-electron chi connectivity index (χ4n) is 2.24. The molecule has 1 N–H and O–H groups in total. The van der Waals surface area contributed by atoms with Gasteiger partial charge in [-0.1, -0.05) is 28.1 Å². The highest BCUT2D eigenvalue weighted by atomic mass is 79.9. The van der Waals surface area contributed by atoms with Crippen molar-refractivity contribution in [2.24, 2.45) is 0 Å². The highest BCUT2D eigenvalue weighted by Crippen LogP contribution is 2.16. The molecule has 0 amide bonds. The molecule has 0 aromatic heterocycles. The first-order valence-corrected chi connectivity index (χ1v) is 7.23. The minimum Gasteiger partial charge on any atom is -0.316 e. The van der Waals surface area contributed by atoms with Gasteiger partial charge in [0.25, 0.3) is 0 Å². The number of hydrogen-bond acceptors (Lipinski definition) is 1. The highest BCUT2D eigenvalue weighted by molar-refractivity contribution is 9.10. The maximum absolute atomic E-state index is 13.2. The Morgan fingerprint density at radius 1 is 1.00 bits per heavy atom. The Balaban J connectivity index is 2.09. The van der Waals surface area contributed by atoms with Crippen molar-refractivity contribution < 1.29 is 8.78 Å². The van der Waals surface area contributed by atoms with E-state index in [1.54, 1.807) is 0 Å². The van der Waals surface area contributed by atoms with Crippen molar-refractivity contribution in [2.75, 3.05) is 7.05 Å². The average molecular weight is 340 g/mol. The molecule has 0 bridgehead atoms. The lowest BCUT2D eigenvalue weighted by molar-refractivity contribution is 0.543. The summed E-state index contributed by atoms with van der Waals surface area (Å²) in [5, 5.41) is 3.20. The molecule has 0 heterocycles. The Morgan fingerprint density at radius 3 is 2.25 bits per heavy atom. The molecule has 0 radical (unpaired) electrons. The van der Waals surface area contributed by atoms with E-state index >= 15 is 0 Å². The topological polar surface area (TPSA) is 12.0 Å². The molecule has 0 aliphatic heterocycles. The van der Waals surface area contributed by atoms with E-state index in [0.29, 0.717) is 12.0 Å². The fraction of sp³-hybridized carbons (Fsp3) is 0.250. The van der Waals surface area contributed by atoms with Gasteiger partial charge in [0.15, 0.2) is 0 Å². The first kappa shape index (κ1) is 15.1. The predicted molar refractivity (Wildman–Crippen MR) is 80.8 cm³/mol. The summed E-state index contributed by atoms with van der Waals surface area (Å²) in [6.45, 7) is 0. The molecule has 0 spiro atoms. The molecular formula is C16H16BrF2N. The number of halogens is 3. The van der Waals surface area contributed by atoms with Gasteiger partial charge < -0.3 is 5.32 Å². The van der Waals surface area contributed by atoms with Crippen LogP contribution < -0.4 is 5.32 Å². The molecule has 4 heteroatoms. The van der Waals surface area contributed by atoms with Crippen LogP contribution in [0.4, 0.5) is 8.78 Å². The number of nitrogens with one attached hydrogen (secondary N) is 1. The summed E-state index contributed by atoms with van der Waals surface area (Å²) < 4.78 is 27.4. The maximum Gasteiger partial charge on any atom is 0.126 e. The number of benzene rings is 2. The maximum atomic E-state index is 13.2. The van der Waals surface area contributed by atoms with Crippen molar-refractivity contribution in [1.29, 1.82) is 0 Å². The van der Waals surface area contributed by atoms with Crippen molar-refractivity contribution in [3.63, 3.8) is 0 Å².